The van der Waals surface area contributed by atoms with E-state index in [2.05, 4.69) is 22.3 Å². The van der Waals surface area contributed by atoms with Gasteiger partial charge in [0.25, 0.3) is 0 Å². The highest BCUT2D eigenvalue weighted by atomic mass is 16.2. The van der Waals surface area contributed by atoms with Crippen LogP contribution in [0.25, 0.3) is 0 Å². The lowest BCUT2D eigenvalue weighted by atomic mass is 9.76. The average molecular weight is 477 g/mol. The molecule has 35 heavy (non-hydrogen) atoms. The van der Waals surface area contributed by atoms with Crippen molar-refractivity contribution in [3.8, 4) is 0 Å². The molecule has 2 aliphatic rings. The summed E-state index contributed by atoms with van der Waals surface area (Å²) in [6.07, 6.45) is 7.85. The third-order valence-corrected chi connectivity index (χ3v) is 7.99. The summed E-state index contributed by atoms with van der Waals surface area (Å²) >= 11 is 0. The van der Waals surface area contributed by atoms with Gasteiger partial charge in [0.05, 0.1) is 17.8 Å². The van der Waals surface area contributed by atoms with E-state index in [0.717, 1.165) is 62.3 Å². The molecule has 188 valence electrons. The zero-order valence-corrected chi connectivity index (χ0v) is 21.5. The number of likely N-dealkylation sites (N-methyl/N-ethyl adjacent to an activating group) is 1. The Balaban J connectivity index is 1.56. The Morgan fingerprint density at radius 2 is 1.77 bits per heavy atom. The first-order valence-electron chi connectivity index (χ1n) is 13.3. The number of likely N-dealkylation sites (tertiary alicyclic amines) is 1. The van der Waals surface area contributed by atoms with Gasteiger partial charge in [-0.05, 0) is 69.8 Å². The van der Waals surface area contributed by atoms with Gasteiger partial charge >= 0.3 is 0 Å². The summed E-state index contributed by atoms with van der Waals surface area (Å²) in [5.74, 6) is 1.23. The van der Waals surface area contributed by atoms with Gasteiger partial charge in [0, 0.05) is 31.6 Å². The first-order chi connectivity index (χ1) is 17.0. The monoisotopic (exact) mass is 476 g/mol. The van der Waals surface area contributed by atoms with Crippen LogP contribution in [-0.2, 0) is 9.59 Å². The molecule has 0 bridgehead atoms. The zero-order valence-electron chi connectivity index (χ0n) is 21.5. The average Bonchev–Trinajstić information content (AvgIpc) is 3.41. The second-order valence-corrected chi connectivity index (χ2v) is 10.2. The second kappa shape index (κ2) is 11.8. The molecule has 1 N–H and O–H groups in total. The van der Waals surface area contributed by atoms with Gasteiger partial charge in [0.1, 0.15) is 11.6 Å². The molecular formula is C29H40N4O2. The number of benzene rings is 1. The Hall–Kier alpha value is -2.73. The molecule has 1 aliphatic carbocycles. The SMILES string of the molecule is CN[C@@H](C)C(=O)C[C@H](C(=O)N1CCC[C@H]1c1cccc(N(C)c2ccccc2)n1)C1CCCCC1. The molecule has 1 aromatic carbocycles. The van der Waals surface area contributed by atoms with Crippen LogP contribution in [0.5, 0.6) is 0 Å². The smallest absolute Gasteiger partial charge is 0.226 e. The summed E-state index contributed by atoms with van der Waals surface area (Å²) in [7, 11) is 3.83. The maximum absolute atomic E-state index is 14.0. The van der Waals surface area contributed by atoms with Crippen LogP contribution in [0, 0.1) is 11.8 Å². The lowest BCUT2D eigenvalue weighted by Crippen LogP contribution is -2.42. The van der Waals surface area contributed by atoms with E-state index in [0.29, 0.717) is 12.3 Å². The van der Waals surface area contributed by atoms with Crippen LogP contribution in [0.15, 0.2) is 48.5 Å². The summed E-state index contributed by atoms with van der Waals surface area (Å²) in [6.45, 7) is 2.63. The number of amides is 1. The molecule has 0 unspecified atom stereocenters. The highest BCUT2D eigenvalue weighted by molar-refractivity contribution is 5.90. The zero-order chi connectivity index (χ0) is 24.8. The van der Waals surface area contributed by atoms with Crippen molar-refractivity contribution >= 4 is 23.2 Å². The van der Waals surface area contributed by atoms with E-state index >= 15 is 0 Å². The lowest BCUT2D eigenvalue weighted by Gasteiger charge is -2.35. The minimum absolute atomic E-state index is 0.0328. The van der Waals surface area contributed by atoms with E-state index in [9.17, 15) is 9.59 Å². The fourth-order valence-corrected chi connectivity index (χ4v) is 5.69. The fraction of sp³-hybridized carbons (Fsp3) is 0.552. The number of hydrogen-bond donors (Lipinski definition) is 1. The van der Waals surface area contributed by atoms with Crippen LogP contribution in [0.1, 0.15) is 70.0 Å². The van der Waals surface area contributed by atoms with Crippen molar-refractivity contribution in [2.45, 2.75) is 70.4 Å². The van der Waals surface area contributed by atoms with Crippen LogP contribution in [-0.4, -0.2) is 48.3 Å². The number of para-hydroxylation sites is 1. The topological polar surface area (TPSA) is 65.5 Å². The van der Waals surface area contributed by atoms with Gasteiger partial charge in [-0.15, -0.1) is 0 Å². The predicted molar refractivity (Wildman–Crippen MR) is 141 cm³/mol. The van der Waals surface area contributed by atoms with Crippen molar-refractivity contribution in [3.05, 3.63) is 54.2 Å². The Morgan fingerprint density at radius 1 is 1.03 bits per heavy atom. The van der Waals surface area contributed by atoms with Crippen molar-refractivity contribution < 1.29 is 9.59 Å². The second-order valence-electron chi connectivity index (χ2n) is 10.2. The van der Waals surface area contributed by atoms with E-state index < -0.39 is 0 Å². The van der Waals surface area contributed by atoms with Gasteiger partial charge in [0.2, 0.25) is 5.91 Å². The first kappa shape index (κ1) is 25.4. The van der Waals surface area contributed by atoms with Crippen LogP contribution >= 0.6 is 0 Å². The molecule has 1 aromatic heterocycles. The minimum atomic E-state index is -0.227. The molecular weight excluding hydrogens is 436 g/mol. The van der Waals surface area contributed by atoms with E-state index in [1.807, 2.05) is 62.3 Å². The molecule has 1 saturated carbocycles. The Bertz CT molecular complexity index is 989. The highest BCUT2D eigenvalue weighted by Gasteiger charge is 2.39. The first-order valence-corrected chi connectivity index (χ1v) is 13.3. The van der Waals surface area contributed by atoms with Crippen molar-refractivity contribution in [2.24, 2.45) is 11.8 Å². The Labute approximate surface area is 210 Å². The van der Waals surface area contributed by atoms with Gasteiger partial charge < -0.3 is 15.1 Å². The molecule has 1 saturated heterocycles. The molecule has 6 heteroatoms. The van der Waals surface area contributed by atoms with E-state index in [-0.39, 0.29) is 29.7 Å². The number of nitrogens with zero attached hydrogens (tertiary/aromatic N) is 3. The number of aromatic nitrogens is 1. The molecule has 6 nitrogen and oxygen atoms in total. The number of anilines is 2. The Morgan fingerprint density at radius 3 is 2.49 bits per heavy atom. The molecule has 2 heterocycles. The third-order valence-electron chi connectivity index (χ3n) is 7.99. The largest absolute Gasteiger partial charge is 0.334 e. The summed E-state index contributed by atoms with van der Waals surface area (Å²) < 4.78 is 0. The number of carbonyl (C=O) groups excluding carboxylic acids is 2. The van der Waals surface area contributed by atoms with Gasteiger partial charge in [-0.3, -0.25) is 9.59 Å². The molecule has 4 rings (SSSR count). The minimum Gasteiger partial charge on any atom is -0.334 e. The molecule has 0 radical (unpaired) electrons. The van der Waals surface area contributed by atoms with Crippen molar-refractivity contribution in [1.82, 2.24) is 15.2 Å². The lowest BCUT2D eigenvalue weighted by molar-refractivity contribution is -0.141. The molecule has 1 amide bonds. The number of hydrogen-bond acceptors (Lipinski definition) is 5. The molecule has 0 spiro atoms. The molecule has 2 aromatic rings. The normalized spacial score (nSPS) is 20.4. The maximum Gasteiger partial charge on any atom is 0.226 e. The van der Waals surface area contributed by atoms with Crippen LogP contribution in [0.2, 0.25) is 0 Å². The number of pyridine rings is 1. The Kier molecular flexibility index (Phi) is 8.55. The summed E-state index contributed by atoms with van der Waals surface area (Å²) in [5.41, 5.74) is 2.01. The third kappa shape index (κ3) is 5.92. The highest BCUT2D eigenvalue weighted by Crippen LogP contribution is 2.38. The number of nitrogens with one attached hydrogen (secondary N) is 1. The van der Waals surface area contributed by atoms with Gasteiger partial charge in [0.15, 0.2) is 0 Å². The van der Waals surface area contributed by atoms with Crippen molar-refractivity contribution in [2.75, 3.05) is 25.5 Å². The maximum atomic E-state index is 14.0. The van der Waals surface area contributed by atoms with Gasteiger partial charge in [-0.1, -0.05) is 43.5 Å². The van der Waals surface area contributed by atoms with Gasteiger partial charge in [-0.25, -0.2) is 4.98 Å². The number of carbonyl (C=O) groups is 2. The van der Waals surface area contributed by atoms with E-state index in [1.165, 1.54) is 6.42 Å². The number of ketones is 1. The summed E-state index contributed by atoms with van der Waals surface area (Å²) in [5, 5.41) is 3.06. The quantitative estimate of drug-likeness (QED) is 0.534. The van der Waals surface area contributed by atoms with Crippen molar-refractivity contribution in [1.29, 1.82) is 0 Å². The predicted octanol–water partition coefficient (Wildman–Crippen LogP) is 5.28. The van der Waals surface area contributed by atoms with Crippen LogP contribution in [0.4, 0.5) is 11.5 Å². The summed E-state index contributed by atoms with van der Waals surface area (Å²) in [4.78, 5) is 36.0. The van der Waals surface area contributed by atoms with E-state index in [1.54, 1.807) is 0 Å². The standard InChI is InChI=1S/C29H40N4O2/c1-21(30-2)27(34)20-24(22-12-6-4-7-13-22)29(35)33-19-11-17-26(33)25-16-10-18-28(31-25)32(3)23-14-8-5-9-15-23/h5,8-10,14-16,18,21-22,24,26,30H,4,6-7,11-13,17,19-20H2,1-3H3/t21-,24-,26-/m0/s1. The fourth-order valence-electron chi connectivity index (χ4n) is 5.69. The molecule has 2 fully saturated rings. The summed E-state index contributed by atoms with van der Waals surface area (Å²) in [6, 6.07) is 16.0. The molecule has 1 aliphatic heterocycles. The number of Topliss-reactive ketones (excluding diaryl/α,β-unsaturated/α-hetero) is 1. The van der Waals surface area contributed by atoms with Crippen molar-refractivity contribution in [3.63, 3.8) is 0 Å². The van der Waals surface area contributed by atoms with Gasteiger partial charge in [-0.2, -0.15) is 0 Å². The number of rotatable bonds is 9. The van der Waals surface area contributed by atoms with Crippen LogP contribution < -0.4 is 10.2 Å². The van der Waals surface area contributed by atoms with E-state index in [4.69, 9.17) is 4.98 Å². The molecule has 3 atom stereocenters. The van der Waals surface area contributed by atoms with Crippen LogP contribution in [0.3, 0.4) is 0 Å².